The standard InChI is InChI=1S/C54H26B10N2/c55-42-37-35-26-32(29-14-8-3-9-15-29)20-25-36(35)65(33-21-16-30(17-22-33)27-10-4-1-5-11-27)52(37)49(62)44(57)38(42)39-43(56)40-41-46(59)47(60)48(61)51(64)54(41)66(53(40)50(63)45(39)58)34-23-18-31(19-24-34)28-12-6-2-7-13-28/h1-26H. The van der Waals surface area contributed by atoms with Crippen molar-refractivity contribution in [1.29, 1.82) is 0 Å². The first-order chi connectivity index (χ1) is 32.0. The molecule has 9 aromatic carbocycles. The smallest absolute Gasteiger partial charge is 0.115 e. The van der Waals surface area contributed by atoms with Crippen LogP contribution in [0, 0.1) is 0 Å². The van der Waals surface area contributed by atoms with Crippen LogP contribution in [0.5, 0.6) is 0 Å². The lowest BCUT2D eigenvalue weighted by molar-refractivity contribution is 1.19. The Morgan fingerprint density at radius 3 is 1.09 bits per heavy atom. The van der Waals surface area contributed by atoms with Gasteiger partial charge in [0.05, 0.1) is 5.52 Å². The molecule has 0 atom stereocenters. The molecule has 11 rings (SSSR count). The summed E-state index contributed by atoms with van der Waals surface area (Å²) in [6, 6.07) is 52.9. The predicted molar refractivity (Wildman–Crippen MR) is 291 cm³/mol. The summed E-state index contributed by atoms with van der Waals surface area (Å²) in [6.07, 6.45) is 0. The Morgan fingerprint density at radius 2 is 0.606 bits per heavy atom. The quantitative estimate of drug-likeness (QED) is 0.229. The van der Waals surface area contributed by atoms with E-state index in [4.69, 9.17) is 78.5 Å². The fourth-order valence-electron chi connectivity index (χ4n) is 9.79. The molecule has 0 N–H and O–H groups in total. The van der Waals surface area contributed by atoms with Gasteiger partial charge in [0.15, 0.2) is 0 Å². The molecule has 0 saturated heterocycles. The normalized spacial score (nSPS) is 11.6. The van der Waals surface area contributed by atoms with Crippen molar-refractivity contribution in [2.75, 3.05) is 0 Å². The van der Waals surface area contributed by atoms with Gasteiger partial charge in [-0.1, -0.05) is 165 Å². The summed E-state index contributed by atoms with van der Waals surface area (Å²) in [7, 11) is 70.7. The minimum absolute atomic E-state index is 0.110. The fourth-order valence-corrected chi connectivity index (χ4v) is 9.79. The van der Waals surface area contributed by atoms with Gasteiger partial charge in [0.25, 0.3) is 0 Å². The van der Waals surface area contributed by atoms with Gasteiger partial charge in [-0.3, -0.25) is 0 Å². The maximum absolute atomic E-state index is 7.48. The van der Waals surface area contributed by atoms with E-state index in [2.05, 4.69) is 71.3 Å². The highest BCUT2D eigenvalue weighted by Gasteiger charge is 2.27. The molecule has 282 valence electrons. The lowest BCUT2D eigenvalue weighted by atomic mass is 9.62. The summed E-state index contributed by atoms with van der Waals surface area (Å²) in [5, 5.41) is 2.39. The van der Waals surface area contributed by atoms with Crippen LogP contribution in [-0.2, 0) is 0 Å². The number of fused-ring (bicyclic) bond motifs is 6. The van der Waals surface area contributed by atoms with Gasteiger partial charge in [0.2, 0.25) is 0 Å². The highest BCUT2D eigenvalue weighted by molar-refractivity contribution is 6.70. The van der Waals surface area contributed by atoms with Gasteiger partial charge in [-0.25, -0.2) is 0 Å². The maximum atomic E-state index is 7.48. The van der Waals surface area contributed by atoms with Crippen LogP contribution in [0.3, 0.4) is 0 Å². The number of benzene rings is 9. The Kier molecular flexibility index (Phi) is 10.1. The molecule has 0 saturated carbocycles. The summed E-state index contributed by atoms with van der Waals surface area (Å²) in [5.74, 6) is 0. The van der Waals surface area contributed by atoms with Crippen LogP contribution in [0.4, 0.5) is 0 Å². The van der Waals surface area contributed by atoms with Crippen LogP contribution in [0.15, 0.2) is 158 Å². The third kappa shape index (κ3) is 6.24. The van der Waals surface area contributed by atoms with Gasteiger partial charge < -0.3 is 9.13 Å². The molecule has 66 heavy (non-hydrogen) atoms. The summed E-state index contributed by atoms with van der Waals surface area (Å²) in [4.78, 5) is 0. The second-order valence-corrected chi connectivity index (χ2v) is 16.7. The SMILES string of the molecule is [B]c1c([B])c([B])c2c(c1[B])c1c([B])c(-c3c([B])c([B])c4c(c3[B])c3cc(-c5ccccc5)ccc3n4-c3ccc(-c4ccccc4)cc3)c([B])c([B])c1n2-c1ccc(-c2ccccc2)cc1. The molecule has 11 aromatic rings. The number of nitrogens with zero attached hydrogens (tertiary/aromatic N) is 2. The van der Waals surface area contributed by atoms with Crippen molar-refractivity contribution in [2.24, 2.45) is 0 Å². The Morgan fingerprint density at radius 1 is 0.258 bits per heavy atom. The zero-order chi connectivity index (χ0) is 45.7. The second-order valence-electron chi connectivity index (χ2n) is 16.7. The molecule has 2 aromatic heterocycles. The predicted octanol–water partition coefficient (Wildman–Crippen LogP) is 2.49. The van der Waals surface area contributed by atoms with Crippen molar-refractivity contribution in [3.63, 3.8) is 0 Å². The molecular formula is C54H26B10N2. The molecular weight excluding hydrogens is 785 g/mol. The molecule has 0 amide bonds. The molecule has 0 unspecified atom stereocenters. The van der Waals surface area contributed by atoms with Crippen molar-refractivity contribution in [3.8, 4) is 55.9 Å². The van der Waals surface area contributed by atoms with Crippen LogP contribution < -0.4 is 54.6 Å². The van der Waals surface area contributed by atoms with Crippen LogP contribution in [0.2, 0.25) is 0 Å². The Hall–Kier alpha value is -6.77. The summed E-state index contributed by atoms with van der Waals surface area (Å²) in [6.45, 7) is 0. The van der Waals surface area contributed by atoms with Crippen molar-refractivity contribution in [2.45, 2.75) is 0 Å². The van der Waals surface area contributed by atoms with E-state index in [0.29, 0.717) is 55.0 Å². The topological polar surface area (TPSA) is 9.86 Å². The van der Waals surface area contributed by atoms with E-state index < -0.39 is 0 Å². The van der Waals surface area contributed by atoms with Gasteiger partial charge in [0.1, 0.15) is 78.5 Å². The first-order valence-corrected chi connectivity index (χ1v) is 21.3. The molecule has 0 aliphatic heterocycles. The summed E-state index contributed by atoms with van der Waals surface area (Å²) >= 11 is 0. The number of aromatic nitrogens is 2. The van der Waals surface area contributed by atoms with Gasteiger partial charge in [-0.05, 0) is 86.3 Å². The molecule has 0 aliphatic rings. The lowest BCUT2D eigenvalue weighted by Gasteiger charge is -2.25. The Labute approximate surface area is 397 Å². The van der Waals surface area contributed by atoms with Crippen LogP contribution in [0.25, 0.3) is 99.5 Å². The van der Waals surface area contributed by atoms with Crippen LogP contribution in [0.1, 0.15) is 0 Å². The van der Waals surface area contributed by atoms with Crippen molar-refractivity contribution >= 4 is 177 Å². The second kappa shape index (κ2) is 16.0. The van der Waals surface area contributed by atoms with E-state index in [0.717, 1.165) is 50.0 Å². The first-order valence-electron chi connectivity index (χ1n) is 21.3. The van der Waals surface area contributed by atoms with Gasteiger partial charge >= 0.3 is 0 Å². The third-order valence-corrected chi connectivity index (χ3v) is 13.1. The van der Waals surface area contributed by atoms with E-state index in [1.54, 1.807) is 0 Å². The highest BCUT2D eigenvalue weighted by Crippen LogP contribution is 2.36. The van der Waals surface area contributed by atoms with E-state index in [1.165, 1.54) is 0 Å². The largest absolute Gasteiger partial charge is 0.311 e. The molecule has 0 bridgehead atoms. The molecule has 0 fully saturated rings. The number of hydrogen-bond acceptors (Lipinski definition) is 0. The minimum Gasteiger partial charge on any atom is -0.311 e. The monoisotopic (exact) mass is 812 g/mol. The molecule has 2 heterocycles. The number of rotatable bonds is 6. The highest BCUT2D eigenvalue weighted by atomic mass is 15.0. The number of hydrogen-bond donors (Lipinski definition) is 0. The minimum atomic E-state index is 0.110. The molecule has 2 nitrogen and oxygen atoms in total. The average Bonchev–Trinajstić information content (AvgIpc) is 3.90. The van der Waals surface area contributed by atoms with E-state index in [1.807, 2.05) is 95.6 Å². The molecule has 12 heteroatoms. The Balaban J connectivity index is 1.21. The summed E-state index contributed by atoms with van der Waals surface area (Å²) in [5.41, 5.74) is 12.7. The zero-order valence-corrected chi connectivity index (χ0v) is 35.7. The first kappa shape index (κ1) is 41.9. The average molecular weight is 811 g/mol. The van der Waals surface area contributed by atoms with Crippen molar-refractivity contribution in [3.05, 3.63) is 158 Å². The van der Waals surface area contributed by atoms with Gasteiger partial charge in [-0.15, -0.1) is 10.9 Å². The van der Waals surface area contributed by atoms with Crippen molar-refractivity contribution in [1.82, 2.24) is 9.13 Å². The van der Waals surface area contributed by atoms with Crippen molar-refractivity contribution < 1.29 is 0 Å². The maximum Gasteiger partial charge on any atom is 0.115 e. The Bertz CT molecular complexity index is 3770. The van der Waals surface area contributed by atoms with E-state index in [-0.39, 0.29) is 49.2 Å². The van der Waals surface area contributed by atoms with Gasteiger partial charge in [0, 0.05) is 44.1 Å². The fraction of sp³-hybridized carbons (Fsp3) is 0. The molecule has 0 aliphatic carbocycles. The molecule has 0 spiro atoms. The van der Waals surface area contributed by atoms with Crippen LogP contribution >= 0.6 is 0 Å². The summed E-state index contributed by atoms with van der Waals surface area (Å²) < 4.78 is 3.97. The lowest BCUT2D eigenvalue weighted by Crippen LogP contribution is -2.48. The van der Waals surface area contributed by atoms with E-state index in [9.17, 15) is 0 Å². The third-order valence-electron chi connectivity index (χ3n) is 13.1. The van der Waals surface area contributed by atoms with Gasteiger partial charge in [-0.2, -0.15) is 0 Å². The zero-order valence-electron chi connectivity index (χ0n) is 35.7. The van der Waals surface area contributed by atoms with Crippen LogP contribution in [-0.4, -0.2) is 87.6 Å². The van der Waals surface area contributed by atoms with E-state index >= 15 is 0 Å². The molecule has 20 radical (unpaired) electrons.